The molecular weight excluding hydrogens is 1010 g/mol. The van der Waals surface area contributed by atoms with E-state index in [9.17, 15) is 45.0 Å². The minimum absolute atomic E-state index is 0.00713. The zero-order chi connectivity index (χ0) is 56.6. The lowest BCUT2D eigenvalue weighted by Crippen LogP contribution is -2.79. The molecule has 7 unspecified atom stereocenters. The summed E-state index contributed by atoms with van der Waals surface area (Å²) in [6.45, 7) is 14.6. The van der Waals surface area contributed by atoms with E-state index in [-0.39, 0.29) is 78.1 Å². The number of nitrogens with zero attached hydrogens (tertiary/aromatic N) is 1. The first-order valence-corrected chi connectivity index (χ1v) is 27.3. The van der Waals surface area contributed by atoms with Crippen molar-refractivity contribution < 1.29 is 73.5 Å². The summed E-state index contributed by atoms with van der Waals surface area (Å²) in [6.07, 6.45) is 3.23. The van der Waals surface area contributed by atoms with Gasteiger partial charge in [-0.05, 0) is 110 Å². The predicted molar refractivity (Wildman–Crippen MR) is 292 cm³/mol. The first-order chi connectivity index (χ1) is 37.6. The number of carbonyl (C=O) groups is 4. The Morgan fingerprint density at radius 2 is 1.61 bits per heavy atom. The second-order valence-corrected chi connectivity index (χ2v) is 23.0. The molecule has 1 amide bonds. The number of Topliss-reactive ketones (excluding diaryl/α,β-unsaturated/α-hetero) is 2. The molecule has 8 aliphatic rings. The van der Waals surface area contributed by atoms with Gasteiger partial charge in [-0.3, -0.25) is 19.4 Å². The van der Waals surface area contributed by atoms with Gasteiger partial charge >= 0.3 is 5.97 Å². The van der Waals surface area contributed by atoms with E-state index in [0.717, 1.165) is 11.1 Å². The summed E-state index contributed by atoms with van der Waals surface area (Å²) in [5, 5.41) is 67.2. The minimum atomic E-state index is -2.35. The third-order valence-corrected chi connectivity index (χ3v) is 16.9. The number of hydrogen-bond donors (Lipinski definition) is 7. The zero-order valence-electron chi connectivity index (χ0n) is 45.7. The molecule has 4 fully saturated rings. The number of amides is 1. The lowest BCUT2D eigenvalue weighted by Gasteiger charge is -2.66. The van der Waals surface area contributed by atoms with Crippen LogP contribution in [0.1, 0.15) is 124 Å². The fraction of sp³-hybridized carbons (Fsp3) is 0.468. The standard InChI is InChI=1S/C62H70N2O15/c1-30(2)12-11-23-60(8)24-22-39-53(78-60)38(20-15-31(3)4)55-45(54(39)77-58(73)34-16-18-35(19-17-34)75-59-52(70)51(69)50(68)42(29-66)76-59)48-46-43(44-47(64-48)36-13-9-10-14-37(36)49(44)67)40-28-41(32(5)6)62(46,79-55)61(74,56(40)71)25-21-33(7)57(72)63-26-27-65/h9-10,12-19,21-22,24,32,40-44,50-52,59,65-66,68-70,74H,11,20,23,25-29H2,1-8H3,(H,63,72)/b33-21-/t40?,41?,42-,43?,44?,50-,51+,52-,59-,60?,61?,62?/m1/s1. The molecule has 1 saturated heterocycles. The van der Waals surface area contributed by atoms with Crippen LogP contribution < -0.4 is 24.3 Å². The van der Waals surface area contributed by atoms with Crippen molar-refractivity contribution in [2.45, 2.75) is 135 Å². The normalized spacial score (nSPS) is 30.7. The Balaban J connectivity index is 1.21. The maximum atomic E-state index is 15.8. The van der Waals surface area contributed by atoms with Crippen LogP contribution in [0.15, 0.2) is 100 Å². The van der Waals surface area contributed by atoms with Crippen molar-refractivity contribution in [3.8, 4) is 23.0 Å². The number of hydrogen-bond acceptors (Lipinski definition) is 16. The highest BCUT2D eigenvalue weighted by Gasteiger charge is 2.78. The number of fused-ring (bicyclic) bond motifs is 8. The summed E-state index contributed by atoms with van der Waals surface area (Å²) >= 11 is 0. The van der Waals surface area contributed by atoms with E-state index in [4.69, 9.17) is 28.7 Å². The Kier molecular flexibility index (Phi) is 14.9. The SMILES string of the molecule is CC(C)=CCCC1(C)C=Cc2c(c(CC=C(C)C)c3c(c2OC(=O)c2ccc(O[C@@H]4O[C@H](CO)[C@@H](O)[C@H](O)[C@H]4O)cc2)C2=C4C(C5CC(C(C)C)C4(O3)C(O)(C/C=C(/C)C(=O)NCCO)C5=O)C3C(=O)c4ccccc4C3=N2)O1. The molecule has 4 heterocycles. The fourth-order valence-electron chi connectivity index (χ4n) is 12.9. The molecule has 7 N–H and O–H groups in total. The van der Waals surface area contributed by atoms with Crippen LogP contribution in [0.4, 0.5) is 0 Å². The Hall–Kier alpha value is -6.57. The van der Waals surface area contributed by atoms with Crippen LogP contribution in [0.2, 0.25) is 0 Å². The van der Waals surface area contributed by atoms with E-state index in [1.165, 1.54) is 30.3 Å². The van der Waals surface area contributed by atoms with Crippen molar-refractivity contribution in [2.24, 2.45) is 34.6 Å². The van der Waals surface area contributed by atoms with Gasteiger partial charge in [-0.25, -0.2) is 4.79 Å². The molecule has 3 saturated carbocycles. The molecule has 17 nitrogen and oxygen atoms in total. The second kappa shape index (κ2) is 21.2. The van der Waals surface area contributed by atoms with Gasteiger partial charge in [0.2, 0.25) is 12.2 Å². The number of aliphatic hydroxyl groups excluding tert-OH is 5. The van der Waals surface area contributed by atoms with Crippen molar-refractivity contribution in [3.05, 3.63) is 129 Å². The Bertz CT molecular complexity index is 3190. The molecule has 4 aliphatic heterocycles. The third kappa shape index (κ3) is 9.20. The van der Waals surface area contributed by atoms with Crippen LogP contribution in [0.5, 0.6) is 23.0 Å². The molecule has 4 aliphatic carbocycles. The molecule has 0 radical (unpaired) electrons. The lowest BCUT2D eigenvalue weighted by atomic mass is 9.42. The summed E-state index contributed by atoms with van der Waals surface area (Å²) in [6, 6.07) is 12.9. The largest absolute Gasteiger partial charge is 0.482 e. The highest BCUT2D eigenvalue weighted by atomic mass is 16.7. The van der Waals surface area contributed by atoms with E-state index < -0.39 is 95.4 Å². The third-order valence-electron chi connectivity index (χ3n) is 16.9. The van der Waals surface area contributed by atoms with E-state index in [2.05, 4.69) is 11.4 Å². The Morgan fingerprint density at radius 3 is 2.28 bits per heavy atom. The Morgan fingerprint density at radius 1 is 0.899 bits per heavy atom. The highest BCUT2D eigenvalue weighted by Crippen LogP contribution is 2.70. The number of carbonyl (C=O) groups excluding carboxylic acids is 4. The molecule has 0 aromatic heterocycles. The molecular formula is C62H70N2O15. The number of aliphatic hydroxyl groups is 6. The van der Waals surface area contributed by atoms with Crippen LogP contribution in [-0.2, 0) is 20.7 Å². The van der Waals surface area contributed by atoms with Gasteiger partial charge in [0.05, 0.1) is 47.2 Å². The number of rotatable bonds is 16. The number of allylic oxidation sites excluding steroid dienone is 4. The maximum absolute atomic E-state index is 15.8. The smallest absolute Gasteiger partial charge is 0.343 e. The van der Waals surface area contributed by atoms with Gasteiger partial charge in [0.1, 0.15) is 47.3 Å². The molecule has 418 valence electrons. The first kappa shape index (κ1) is 55.7. The highest BCUT2D eigenvalue weighted by molar-refractivity contribution is 6.31. The topological polar surface area (TPSA) is 260 Å². The summed E-state index contributed by atoms with van der Waals surface area (Å²) in [7, 11) is 0. The van der Waals surface area contributed by atoms with Crippen molar-refractivity contribution in [2.75, 3.05) is 19.8 Å². The average molecular weight is 1080 g/mol. The average Bonchev–Trinajstić information content (AvgIpc) is 1.78. The number of ether oxygens (including phenoxy) is 5. The van der Waals surface area contributed by atoms with Crippen molar-refractivity contribution >= 4 is 40.9 Å². The molecule has 3 aromatic rings. The van der Waals surface area contributed by atoms with Crippen LogP contribution >= 0.6 is 0 Å². The predicted octanol–water partition coefficient (Wildman–Crippen LogP) is 6.33. The first-order valence-electron chi connectivity index (χ1n) is 27.3. The van der Waals surface area contributed by atoms with Gasteiger partial charge in [0.25, 0.3) is 0 Å². The van der Waals surface area contributed by atoms with Crippen LogP contribution in [0.3, 0.4) is 0 Å². The van der Waals surface area contributed by atoms with Gasteiger partial charge in [0.15, 0.2) is 28.5 Å². The van der Waals surface area contributed by atoms with Crippen LogP contribution in [-0.4, -0.2) is 127 Å². The number of benzene rings is 3. The second-order valence-electron chi connectivity index (χ2n) is 23.0. The molecule has 2 bridgehead atoms. The summed E-state index contributed by atoms with van der Waals surface area (Å²) < 4.78 is 33.1. The van der Waals surface area contributed by atoms with E-state index in [1.807, 2.05) is 78.8 Å². The van der Waals surface area contributed by atoms with Gasteiger partial charge in [-0.2, -0.15) is 0 Å². The molecule has 3 aromatic carbocycles. The van der Waals surface area contributed by atoms with Gasteiger partial charge in [-0.15, -0.1) is 0 Å². The van der Waals surface area contributed by atoms with Gasteiger partial charge in [0, 0.05) is 58.6 Å². The summed E-state index contributed by atoms with van der Waals surface area (Å²) in [5.41, 5.74) is 0.661. The molecule has 12 atom stereocenters. The van der Waals surface area contributed by atoms with E-state index in [1.54, 1.807) is 19.1 Å². The number of esters is 1. The molecule has 79 heavy (non-hydrogen) atoms. The summed E-state index contributed by atoms with van der Waals surface area (Å²) in [5.74, 6) is -4.89. The monoisotopic (exact) mass is 1080 g/mol. The number of aliphatic imine (C=N–C) groups is 1. The van der Waals surface area contributed by atoms with Crippen LogP contribution in [0, 0.1) is 29.6 Å². The van der Waals surface area contributed by atoms with Gasteiger partial charge in [-0.1, -0.05) is 67.5 Å². The van der Waals surface area contributed by atoms with Gasteiger partial charge < -0.3 is 59.6 Å². The van der Waals surface area contributed by atoms with Crippen molar-refractivity contribution in [1.29, 1.82) is 0 Å². The van der Waals surface area contributed by atoms with Crippen molar-refractivity contribution in [1.82, 2.24) is 5.32 Å². The molecule has 1 spiro atoms. The molecule has 17 heteroatoms. The van der Waals surface area contributed by atoms with Crippen molar-refractivity contribution in [3.63, 3.8) is 0 Å². The quantitative estimate of drug-likeness (QED) is 0.0358. The van der Waals surface area contributed by atoms with E-state index >= 15 is 4.79 Å². The lowest BCUT2D eigenvalue weighted by molar-refractivity contribution is -0.277. The zero-order valence-corrected chi connectivity index (χ0v) is 45.7. The van der Waals surface area contributed by atoms with E-state index in [0.29, 0.717) is 57.8 Å². The minimum Gasteiger partial charge on any atom is -0.482 e. The summed E-state index contributed by atoms with van der Waals surface area (Å²) in [4.78, 5) is 64.6. The molecule has 11 rings (SSSR count). The Labute approximate surface area is 459 Å². The van der Waals surface area contributed by atoms with Crippen LogP contribution in [0.25, 0.3) is 11.8 Å². The number of ketones is 2. The fourth-order valence-corrected chi connectivity index (χ4v) is 12.9. The number of nitrogens with one attached hydrogen (secondary N) is 1. The maximum Gasteiger partial charge on any atom is 0.343 e.